The van der Waals surface area contributed by atoms with Crippen molar-refractivity contribution in [2.45, 2.75) is 33.2 Å². The van der Waals surface area contributed by atoms with E-state index in [4.69, 9.17) is 0 Å². The van der Waals surface area contributed by atoms with Crippen molar-refractivity contribution in [3.8, 4) is 0 Å². The van der Waals surface area contributed by atoms with Gasteiger partial charge in [0.2, 0.25) is 5.13 Å². The lowest BCUT2D eigenvalue weighted by Gasteiger charge is -2.12. The number of rotatable bonds is 5. The van der Waals surface area contributed by atoms with Crippen LogP contribution < -0.4 is 5.32 Å². The SMILES string of the molecule is CC(C)Cc1nsc(NC(C)c2ccncc2)n1. The number of hydrogen-bond donors (Lipinski definition) is 1. The van der Waals surface area contributed by atoms with Crippen molar-refractivity contribution in [1.29, 1.82) is 0 Å². The summed E-state index contributed by atoms with van der Waals surface area (Å²) in [6, 6.07) is 4.23. The van der Waals surface area contributed by atoms with E-state index in [1.807, 2.05) is 12.1 Å². The molecule has 0 aliphatic rings. The van der Waals surface area contributed by atoms with Crippen molar-refractivity contribution in [3.05, 3.63) is 35.9 Å². The van der Waals surface area contributed by atoms with Crippen molar-refractivity contribution in [3.63, 3.8) is 0 Å². The van der Waals surface area contributed by atoms with Crippen LogP contribution in [0.25, 0.3) is 0 Å². The Balaban J connectivity index is 1.99. The van der Waals surface area contributed by atoms with Gasteiger partial charge in [0.1, 0.15) is 5.82 Å². The van der Waals surface area contributed by atoms with Gasteiger partial charge in [0.25, 0.3) is 0 Å². The molecule has 18 heavy (non-hydrogen) atoms. The second-order valence-electron chi connectivity index (χ2n) is 4.76. The Morgan fingerprint density at radius 2 is 1.94 bits per heavy atom. The maximum absolute atomic E-state index is 4.50. The molecule has 0 bridgehead atoms. The smallest absolute Gasteiger partial charge is 0.203 e. The summed E-state index contributed by atoms with van der Waals surface area (Å²) < 4.78 is 4.36. The van der Waals surface area contributed by atoms with Crippen LogP contribution in [0.15, 0.2) is 24.5 Å². The second kappa shape index (κ2) is 5.91. The first kappa shape index (κ1) is 13.0. The number of nitrogens with zero attached hydrogens (tertiary/aromatic N) is 3. The normalized spacial score (nSPS) is 12.7. The lowest BCUT2D eigenvalue weighted by molar-refractivity contribution is 0.627. The van der Waals surface area contributed by atoms with E-state index in [0.29, 0.717) is 5.92 Å². The van der Waals surface area contributed by atoms with E-state index < -0.39 is 0 Å². The predicted molar refractivity (Wildman–Crippen MR) is 74.7 cm³/mol. The zero-order valence-electron chi connectivity index (χ0n) is 10.9. The molecule has 0 fully saturated rings. The third-order valence-corrected chi connectivity index (χ3v) is 3.29. The standard InChI is InChI=1S/C13H18N4S/c1-9(2)8-12-16-13(18-17-12)15-10(3)11-4-6-14-7-5-11/h4-7,9-10H,8H2,1-3H3,(H,15,16,17). The van der Waals surface area contributed by atoms with Crippen LogP contribution in [0.3, 0.4) is 0 Å². The van der Waals surface area contributed by atoms with Crippen LogP contribution in [0.1, 0.15) is 38.2 Å². The predicted octanol–water partition coefficient (Wildman–Crippen LogP) is 3.30. The van der Waals surface area contributed by atoms with E-state index in [1.165, 1.54) is 17.1 Å². The van der Waals surface area contributed by atoms with Crippen LogP contribution in [0.4, 0.5) is 5.13 Å². The van der Waals surface area contributed by atoms with Gasteiger partial charge >= 0.3 is 0 Å². The zero-order valence-corrected chi connectivity index (χ0v) is 11.7. The summed E-state index contributed by atoms with van der Waals surface area (Å²) >= 11 is 1.43. The fraction of sp³-hybridized carbons (Fsp3) is 0.462. The van der Waals surface area contributed by atoms with Crippen molar-refractivity contribution in [1.82, 2.24) is 14.3 Å². The molecule has 2 heterocycles. The molecule has 0 aliphatic heterocycles. The largest absolute Gasteiger partial charge is 0.354 e. The lowest BCUT2D eigenvalue weighted by Crippen LogP contribution is -2.06. The molecule has 0 radical (unpaired) electrons. The number of nitrogens with one attached hydrogen (secondary N) is 1. The van der Waals surface area contributed by atoms with Crippen LogP contribution in [0.2, 0.25) is 0 Å². The first-order valence-electron chi connectivity index (χ1n) is 6.14. The number of aromatic nitrogens is 3. The molecule has 96 valence electrons. The monoisotopic (exact) mass is 262 g/mol. The molecule has 2 aromatic rings. The van der Waals surface area contributed by atoms with Gasteiger partial charge in [-0.25, -0.2) is 4.98 Å². The summed E-state index contributed by atoms with van der Waals surface area (Å²) in [6.07, 6.45) is 4.54. The average Bonchev–Trinajstić information content (AvgIpc) is 2.76. The highest BCUT2D eigenvalue weighted by Crippen LogP contribution is 2.20. The molecule has 1 atom stereocenters. The molecule has 0 amide bonds. The summed E-state index contributed by atoms with van der Waals surface area (Å²) in [4.78, 5) is 8.52. The third kappa shape index (κ3) is 3.50. The number of hydrogen-bond acceptors (Lipinski definition) is 5. The molecule has 2 aromatic heterocycles. The fourth-order valence-electron chi connectivity index (χ4n) is 1.68. The van der Waals surface area contributed by atoms with E-state index >= 15 is 0 Å². The Hall–Kier alpha value is -1.49. The highest BCUT2D eigenvalue weighted by Gasteiger charge is 2.09. The van der Waals surface area contributed by atoms with Gasteiger partial charge in [-0.2, -0.15) is 4.37 Å². The van der Waals surface area contributed by atoms with E-state index in [-0.39, 0.29) is 6.04 Å². The molecule has 2 rings (SSSR count). The van der Waals surface area contributed by atoms with Crippen molar-refractivity contribution >= 4 is 16.7 Å². The van der Waals surface area contributed by atoms with E-state index in [1.54, 1.807) is 12.4 Å². The molecule has 1 N–H and O–H groups in total. The minimum Gasteiger partial charge on any atom is -0.354 e. The summed E-state index contributed by atoms with van der Waals surface area (Å²) in [7, 11) is 0. The van der Waals surface area contributed by atoms with Gasteiger partial charge in [0, 0.05) is 30.3 Å². The van der Waals surface area contributed by atoms with Gasteiger partial charge in [-0.05, 0) is 30.5 Å². The van der Waals surface area contributed by atoms with E-state index in [2.05, 4.69) is 40.4 Å². The average molecular weight is 262 g/mol. The molecule has 5 heteroatoms. The minimum atomic E-state index is 0.216. The Morgan fingerprint density at radius 1 is 1.22 bits per heavy atom. The second-order valence-corrected chi connectivity index (χ2v) is 5.51. The summed E-state index contributed by atoms with van der Waals surface area (Å²) in [6.45, 7) is 6.46. The van der Waals surface area contributed by atoms with Crippen LogP contribution >= 0.6 is 11.5 Å². The Kier molecular flexibility index (Phi) is 4.25. The molecular formula is C13H18N4S. The van der Waals surface area contributed by atoms with Crippen LogP contribution in [-0.2, 0) is 6.42 Å². The van der Waals surface area contributed by atoms with Crippen molar-refractivity contribution in [2.75, 3.05) is 5.32 Å². The quantitative estimate of drug-likeness (QED) is 0.898. The molecule has 0 aliphatic carbocycles. The van der Waals surface area contributed by atoms with Crippen LogP contribution in [0, 0.1) is 5.92 Å². The molecule has 0 saturated carbocycles. The van der Waals surface area contributed by atoms with Gasteiger partial charge in [-0.3, -0.25) is 4.98 Å². The Bertz CT molecular complexity index is 481. The van der Waals surface area contributed by atoms with Gasteiger partial charge in [-0.15, -0.1) is 0 Å². The first-order valence-corrected chi connectivity index (χ1v) is 6.91. The highest BCUT2D eigenvalue weighted by molar-refractivity contribution is 7.09. The van der Waals surface area contributed by atoms with Crippen molar-refractivity contribution < 1.29 is 0 Å². The van der Waals surface area contributed by atoms with Gasteiger partial charge in [-0.1, -0.05) is 13.8 Å². The Labute approximate surface area is 112 Å². The van der Waals surface area contributed by atoms with Gasteiger partial charge in [0.05, 0.1) is 6.04 Å². The molecule has 0 spiro atoms. The topological polar surface area (TPSA) is 50.7 Å². The molecule has 4 nitrogen and oxygen atoms in total. The van der Waals surface area contributed by atoms with E-state index in [0.717, 1.165) is 17.4 Å². The first-order chi connectivity index (χ1) is 8.65. The van der Waals surface area contributed by atoms with Gasteiger partial charge in [0.15, 0.2) is 0 Å². The van der Waals surface area contributed by atoms with E-state index in [9.17, 15) is 0 Å². The number of pyridine rings is 1. The summed E-state index contributed by atoms with van der Waals surface area (Å²) in [5.74, 6) is 1.52. The molecular weight excluding hydrogens is 244 g/mol. The maximum Gasteiger partial charge on any atom is 0.203 e. The maximum atomic E-state index is 4.50. The molecule has 0 saturated heterocycles. The summed E-state index contributed by atoms with van der Waals surface area (Å²) in [5, 5.41) is 4.25. The lowest BCUT2D eigenvalue weighted by atomic mass is 10.1. The zero-order chi connectivity index (χ0) is 13.0. The molecule has 0 aromatic carbocycles. The third-order valence-electron chi connectivity index (χ3n) is 2.60. The Morgan fingerprint density at radius 3 is 2.61 bits per heavy atom. The number of anilines is 1. The van der Waals surface area contributed by atoms with Gasteiger partial charge < -0.3 is 5.32 Å². The fourth-order valence-corrected chi connectivity index (χ4v) is 2.36. The summed E-state index contributed by atoms with van der Waals surface area (Å²) in [5.41, 5.74) is 1.20. The van der Waals surface area contributed by atoms with Crippen molar-refractivity contribution in [2.24, 2.45) is 5.92 Å². The van der Waals surface area contributed by atoms with Crippen LogP contribution in [0.5, 0.6) is 0 Å². The highest BCUT2D eigenvalue weighted by atomic mass is 32.1. The van der Waals surface area contributed by atoms with Crippen LogP contribution in [-0.4, -0.2) is 14.3 Å². The minimum absolute atomic E-state index is 0.216. The molecule has 1 unspecified atom stereocenters.